The molecular formula is C10H10N2O. The number of aryl methyl sites for hydroxylation is 2. The predicted octanol–water partition coefficient (Wildman–Crippen LogP) is 1.54. The fourth-order valence-electron chi connectivity index (χ4n) is 1.42. The molecule has 3 heteroatoms. The van der Waals surface area contributed by atoms with Crippen molar-refractivity contribution >= 4 is 10.9 Å². The molecule has 1 N–H and O–H groups in total. The molecule has 0 spiro atoms. The zero-order valence-electron chi connectivity index (χ0n) is 7.59. The van der Waals surface area contributed by atoms with Crippen LogP contribution in [0.15, 0.2) is 23.0 Å². The summed E-state index contributed by atoms with van der Waals surface area (Å²) in [6.07, 6.45) is 0. The predicted molar refractivity (Wildman–Crippen MR) is 51.8 cm³/mol. The van der Waals surface area contributed by atoms with Gasteiger partial charge < -0.3 is 4.98 Å². The van der Waals surface area contributed by atoms with Crippen LogP contribution in [0.5, 0.6) is 0 Å². The maximum Gasteiger partial charge on any atom is 0.258 e. The molecule has 0 atom stereocenters. The number of hydrogen-bond acceptors (Lipinski definition) is 2. The summed E-state index contributed by atoms with van der Waals surface area (Å²) in [4.78, 5) is 18.4. The van der Waals surface area contributed by atoms with Crippen molar-refractivity contribution in [2.24, 2.45) is 0 Å². The van der Waals surface area contributed by atoms with E-state index in [1.165, 1.54) is 0 Å². The van der Waals surface area contributed by atoms with E-state index in [1.807, 2.05) is 19.1 Å². The Morgan fingerprint density at radius 2 is 2.08 bits per heavy atom. The quantitative estimate of drug-likeness (QED) is 0.658. The molecule has 2 aromatic rings. The normalized spacial score (nSPS) is 10.6. The third-order valence-corrected chi connectivity index (χ3v) is 2.06. The van der Waals surface area contributed by atoms with Gasteiger partial charge in [0.05, 0.1) is 10.9 Å². The van der Waals surface area contributed by atoms with Crippen LogP contribution in [0.4, 0.5) is 0 Å². The van der Waals surface area contributed by atoms with Gasteiger partial charge in [-0.3, -0.25) is 4.79 Å². The number of aromatic amines is 1. The first kappa shape index (κ1) is 7.98. The third-order valence-electron chi connectivity index (χ3n) is 2.06. The van der Waals surface area contributed by atoms with E-state index in [4.69, 9.17) is 0 Å². The summed E-state index contributed by atoms with van der Waals surface area (Å²) >= 11 is 0. The highest BCUT2D eigenvalue weighted by atomic mass is 16.1. The minimum atomic E-state index is -0.0637. The third kappa shape index (κ3) is 1.22. The molecule has 0 bridgehead atoms. The topological polar surface area (TPSA) is 45.8 Å². The number of para-hydroxylation sites is 1. The Bertz CT molecular complexity index is 514. The smallest absolute Gasteiger partial charge is 0.258 e. The minimum absolute atomic E-state index is 0.0637. The first-order chi connectivity index (χ1) is 6.18. The van der Waals surface area contributed by atoms with Crippen LogP contribution in [0.1, 0.15) is 11.4 Å². The Balaban J connectivity index is 3.03. The molecule has 66 valence electrons. The molecule has 0 fully saturated rings. The van der Waals surface area contributed by atoms with E-state index in [1.54, 1.807) is 13.0 Å². The van der Waals surface area contributed by atoms with Gasteiger partial charge in [0, 0.05) is 0 Å². The Morgan fingerprint density at radius 1 is 1.31 bits per heavy atom. The van der Waals surface area contributed by atoms with Crippen molar-refractivity contribution < 1.29 is 0 Å². The number of aromatic nitrogens is 2. The highest BCUT2D eigenvalue weighted by molar-refractivity contribution is 5.80. The van der Waals surface area contributed by atoms with Gasteiger partial charge in [-0.25, -0.2) is 4.98 Å². The van der Waals surface area contributed by atoms with E-state index >= 15 is 0 Å². The number of benzene rings is 1. The minimum Gasteiger partial charge on any atom is -0.310 e. The average molecular weight is 174 g/mol. The van der Waals surface area contributed by atoms with Gasteiger partial charge in [0.1, 0.15) is 5.82 Å². The second-order valence-corrected chi connectivity index (χ2v) is 3.12. The highest BCUT2D eigenvalue weighted by Gasteiger charge is 2.02. The average Bonchev–Trinajstić information content (AvgIpc) is 2.07. The SMILES string of the molecule is Cc1nc2c(C)cccc2c(=O)[nH]1. The lowest BCUT2D eigenvalue weighted by Crippen LogP contribution is -2.09. The standard InChI is InChI=1S/C10H10N2O/c1-6-4-3-5-8-9(6)11-7(2)12-10(8)13/h3-5H,1-2H3,(H,11,12,13). The van der Waals surface area contributed by atoms with E-state index in [-0.39, 0.29) is 5.56 Å². The molecule has 1 aromatic carbocycles. The van der Waals surface area contributed by atoms with Crippen LogP contribution in [0.25, 0.3) is 10.9 Å². The molecule has 0 saturated heterocycles. The molecule has 0 radical (unpaired) electrons. The Morgan fingerprint density at radius 3 is 2.85 bits per heavy atom. The summed E-state index contributed by atoms with van der Waals surface area (Å²) in [5.41, 5.74) is 1.77. The lowest BCUT2D eigenvalue weighted by molar-refractivity contribution is 1.05. The van der Waals surface area contributed by atoms with E-state index in [0.717, 1.165) is 11.1 Å². The maximum atomic E-state index is 11.5. The lowest BCUT2D eigenvalue weighted by atomic mass is 10.1. The first-order valence-electron chi connectivity index (χ1n) is 4.15. The molecule has 3 nitrogen and oxygen atoms in total. The van der Waals surface area contributed by atoms with Crippen LogP contribution in [0.3, 0.4) is 0 Å². The molecule has 2 rings (SSSR count). The van der Waals surface area contributed by atoms with Crippen molar-refractivity contribution in [3.05, 3.63) is 39.9 Å². The van der Waals surface area contributed by atoms with Gasteiger partial charge in [-0.1, -0.05) is 12.1 Å². The lowest BCUT2D eigenvalue weighted by Gasteiger charge is -2.00. The summed E-state index contributed by atoms with van der Waals surface area (Å²) in [6.45, 7) is 3.74. The van der Waals surface area contributed by atoms with Crippen molar-refractivity contribution in [2.45, 2.75) is 13.8 Å². The Kier molecular flexibility index (Phi) is 1.65. The number of rotatable bonds is 0. The van der Waals surface area contributed by atoms with Gasteiger partial charge in [-0.15, -0.1) is 0 Å². The van der Waals surface area contributed by atoms with Crippen molar-refractivity contribution in [1.29, 1.82) is 0 Å². The van der Waals surface area contributed by atoms with E-state index in [9.17, 15) is 4.79 Å². The molecule has 0 aliphatic rings. The van der Waals surface area contributed by atoms with E-state index in [2.05, 4.69) is 9.97 Å². The second-order valence-electron chi connectivity index (χ2n) is 3.12. The molecule has 0 amide bonds. The van der Waals surface area contributed by atoms with Gasteiger partial charge in [-0.2, -0.15) is 0 Å². The molecule has 0 aliphatic heterocycles. The van der Waals surface area contributed by atoms with Gasteiger partial charge in [0.25, 0.3) is 5.56 Å². The van der Waals surface area contributed by atoms with Crippen molar-refractivity contribution in [3.63, 3.8) is 0 Å². The van der Waals surface area contributed by atoms with Gasteiger partial charge in [-0.05, 0) is 25.5 Å². The van der Waals surface area contributed by atoms with E-state index in [0.29, 0.717) is 11.2 Å². The van der Waals surface area contributed by atoms with Crippen molar-refractivity contribution in [2.75, 3.05) is 0 Å². The van der Waals surface area contributed by atoms with Gasteiger partial charge >= 0.3 is 0 Å². The van der Waals surface area contributed by atoms with Crippen molar-refractivity contribution in [3.8, 4) is 0 Å². The van der Waals surface area contributed by atoms with E-state index < -0.39 is 0 Å². The molecule has 13 heavy (non-hydrogen) atoms. The molecule has 0 unspecified atom stereocenters. The summed E-state index contributed by atoms with van der Waals surface area (Å²) < 4.78 is 0. The van der Waals surface area contributed by atoms with Crippen LogP contribution in [-0.2, 0) is 0 Å². The summed E-state index contributed by atoms with van der Waals surface area (Å²) in [6, 6.07) is 5.60. The zero-order valence-corrected chi connectivity index (χ0v) is 7.59. The molecule has 0 aliphatic carbocycles. The fraction of sp³-hybridized carbons (Fsp3) is 0.200. The van der Waals surface area contributed by atoms with Crippen LogP contribution in [0.2, 0.25) is 0 Å². The molecule has 1 aromatic heterocycles. The number of hydrogen-bond donors (Lipinski definition) is 1. The largest absolute Gasteiger partial charge is 0.310 e. The highest BCUT2D eigenvalue weighted by Crippen LogP contribution is 2.11. The second kappa shape index (κ2) is 2.69. The number of nitrogens with zero attached hydrogens (tertiary/aromatic N) is 1. The van der Waals surface area contributed by atoms with Crippen molar-refractivity contribution in [1.82, 2.24) is 9.97 Å². The summed E-state index contributed by atoms with van der Waals surface area (Å²) in [5, 5.41) is 0.658. The number of H-pyrrole nitrogens is 1. The van der Waals surface area contributed by atoms with Crippen LogP contribution < -0.4 is 5.56 Å². The Labute approximate surface area is 75.4 Å². The monoisotopic (exact) mass is 174 g/mol. The molecular weight excluding hydrogens is 164 g/mol. The Hall–Kier alpha value is -1.64. The first-order valence-corrected chi connectivity index (χ1v) is 4.15. The maximum absolute atomic E-state index is 11.5. The fourth-order valence-corrected chi connectivity index (χ4v) is 1.42. The summed E-state index contributed by atoms with van der Waals surface area (Å²) in [7, 11) is 0. The van der Waals surface area contributed by atoms with Crippen LogP contribution >= 0.6 is 0 Å². The molecule has 0 saturated carbocycles. The van der Waals surface area contributed by atoms with Crippen LogP contribution in [-0.4, -0.2) is 9.97 Å². The number of nitrogens with one attached hydrogen (secondary N) is 1. The zero-order chi connectivity index (χ0) is 9.42. The van der Waals surface area contributed by atoms with Crippen LogP contribution in [0, 0.1) is 13.8 Å². The summed E-state index contributed by atoms with van der Waals surface area (Å²) in [5.74, 6) is 0.659. The molecule has 1 heterocycles. The van der Waals surface area contributed by atoms with Gasteiger partial charge in [0.15, 0.2) is 0 Å². The van der Waals surface area contributed by atoms with Gasteiger partial charge in [0.2, 0.25) is 0 Å². The number of fused-ring (bicyclic) bond motifs is 1.